The molecule has 68 valence electrons. The molecule has 0 saturated heterocycles. The molecule has 0 saturated carbocycles. The van der Waals surface area contributed by atoms with E-state index in [9.17, 15) is 0 Å². The fourth-order valence-corrected chi connectivity index (χ4v) is 1.18. The Labute approximate surface area is 76.0 Å². The standard InChI is InChI=1S/C9H11N3O/c1-6-3-4-7-9(11-6)12-8(13-7)5-10-2/h3-4,10H,5H2,1-2H3. The Balaban J connectivity index is 2.49. The van der Waals surface area contributed by atoms with E-state index in [0.29, 0.717) is 18.1 Å². The Bertz CT molecular complexity index is 422. The van der Waals surface area contributed by atoms with Crippen molar-refractivity contribution in [1.29, 1.82) is 0 Å². The Morgan fingerprint density at radius 2 is 2.23 bits per heavy atom. The summed E-state index contributed by atoms with van der Waals surface area (Å²) in [5, 5.41) is 2.98. The van der Waals surface area contributed by atoms with Crippen LogP contribution >= 0.6 is 0 Å². The predicted octanol–water partition coefficient (Wildman–Crippen LogP) is 1.25. The zero-order chi connectivity index (χ0) is 9.26. The zero-order valence-electron chi connectivity index (χ0n) is 7.66. The van der Waals surface area contributed by atoms with Gasteiger partial charge in [0, 0.05) is 5.69 Å². The minimum absolute atomic E-state index is 0.634. The topological polar surface area (TPSA) is 51.0 Å². The summed E-state index contributed by atoms with van der Waals surface area (Å²) >= 11 is 0. The Morgan fingerprint density at radius 3 is 3.00 bits per heavy atom. The monoisotopic (exact) mass is 177 g/mol. The number of oxazole rings is 1. The maximum atomic E-state index is 5.43. The SMILES string of the molecule is CNCc1nc2nc(C)ccc2o1. The third kappa shape index (κ3) is 1.53. The Kier molecular flexibility index (Phi) is 1.98. The van der Waals surface area contributed by atoms with Crippen molar-refractivity contribution in [3.05, 3.63) is 23.7 Å². The first-order chi connectivity index (χ1) is 6.29. The van der Waals surface area contributed by atoms with Crippen LogP contribution in [-0.2, 0) is 6.54 Å². The van der Waals surface area contributed by atoms with Gasteiger partial charge < -0.3 is 9.73 Å². The van der Waals surface area contributed by atoms with Gasteiger partial charge in [-0.1, -0.05) is 0 Å². The highest BCUT2D eigenvalue weighted by molar-refractivity contribution is 5.67. The second-order valence-electron chi connectivity index (χ2n) is 2.91. The van der Waals surface area contributed by atoms with Gasteiger partial charge in [0.05, 0.1) is 6.54 Å². The largest absolute Gasteiger partial charge is 0.438 e. The van der Waals surface area contributed by atoms with Gasteiger partial charge in [0.2, 0.25) is 5.89 Å². The summed E-state index contributed by atoms with van der Waals surface area (Å²) < 4.78 is 5.43. The van der Waals surface area contributed by atoms with Crippen molar-refractivity contribution in [3.63, 3.8) is 0 Å². The van der Waals surface area contributed by atoms with Crippen LogP contribution in [0, 0.1) is 6.92 Å². The number of hydrogen-bond donors (Lipinski definition) is 1. The molecule has 13 heavy (non-hydrogen) atoms. The lowest BCUT2D eigenvalue weighted by molar-refractivity contribution is 0.511. The first-order valence-electron chi connectivity index (χ1n) is 4.17. The summed E-state index contributed by atoms with van der Waals surface area (Å²) in [6.45, 7) is 2.57. The van der Waals surface area contributed by atoms with Gasteiger partial charge in [-0.2, -0.15) is 4.98 Å². The van der Waals surface area contributed by atoms with Crippen molar-refractivity contribution in [3.8, 4) is 0 Å². The van der Waals surface area contributed by atoms with Gasteiger partial charge in [0.15, 0.2) is 11.2 Å². The smallest absolute Gasteiger partial charge is 0.211 e. The van der Waals surface area contributed by atoms with Gasteiger partial charge in [-0.25, -0.2) is 4.98 Å². The van der Waals surface area contributed by atoms with E-state index in [1.165, 1.54) is 0 Å². The van der Waals surface area contributed by atoms with Gasteiger partial charge in [-0.15, -0.1) is 0 Å². The summed E-state index contributed by atoms with van der Waals surface area (Å²) in [5.74, 6) is 0.676. The van der Waals surface area contributed by atoms with Crippen LogP contribution in [0.25, 0.3) is 11.2 Å². The number of aryl methyl sites for hydroxylation is 1. The van der Waals surface area contributed by atoms with E-state index in [4.69, 9.17) is 4.42 Å². The third-order valence-electron chi connectivity index (χ3n) is 1.76. The van der Waals surface area contributed by atoms with Crippen molar-refractivity contribution in [2.24, 2.45) is 0 Å². The van der Waals surface area contributed by atoms with Gasteiger partial charge >= 0.3 is 0 Å². The molecule has 2 aromatic rings. The Morgan fingerprint density at radius 1 is 1.38 bits per heavy atom. The summed E-state index contributed by atoms with van der Waals surface area (Å²) in [6.07, 6.45) is 0. The fraction of sp³-hybridized carbons (Fsp3) is 0.333. The van der Waals surface area contributed by atoms with Crippen LogP contribution < -0.4 is 5.32 Å². The number of rotatable bonds is 2. The second-order valence-corrected chi connectivity index (χ2v) is 2.91. The molecule has 0 amide bonds. The zero-order valence-corrected chi connectivity index (χ0v) is 7.66. The van der Waals surface area contributed by atoms with Gasteiger partial charge in [-0.05, 0) is 26.1 Å². The minimum Gasteiger partial charge on any atom is -0.438 e. The molecule has 4 heteroatoms. The molecule has 2 aromatic heterocycles. The molecular weight excluding hydrogens is 166 g/mol. The van der Waals surface area contributed by atoms with E-state index in [0.717, 1.165) is 11.3 Å². The van der Waals surface area contributed by atoms with Gasteiger partial charge in [-0.3, -0.25) is 0 Å². The van der Waals surface area contributed by atoms with E-state index in [1.54, 1.807) is 0 Å². The van der Waals surface area contributed by atoms with Crippen LogP contribution in [0.4, 0.5) is 0 Å². The second kappa shape index (κ2) is 3.14. The lowest BCUT2D eigenvalue weighted by Gasteiger charge is -1.88. The summed E-state index contributed by atoms with van der Waals surface area (Å²) in [6, 6.07) is 3.81. The maximum Gasteiger partial charge on any atom is 0.211 e. The molecule has 0 aromatic carbocycles. The normalized spacial score (nSPS) is 10.9. The summed E-state index contributed by atoms with van der Waals surface area (Å²) in [7, 11) is 1.85. The van der Waals surface area contributed by atoms with Crippen LogP contribution in [0.3, 0.4) is 0 Å². The number of pyridine rings is 1. The summed E-state index contributed by atoms with van der Waals surface area (Å²) in [4.78, 5) is 8.47. The quantitative estimate of drug-likeness (QED) is 0.750. The molecular formula is C9H11N3O. The van der Waals surface area contributed by atoms with E-state index < -0.39 is 0 Å². The molecule has 0 aliphatic carbocycles. The summed E-state index contributed by atoms with van der Waals surface area (Å²) in [5.41, 5.74) is 2.39. The van der Waals surface area contributed by atoms with Gasteiger partial charge in [0.25, 0.3) is 0 Å². The van der Waals surface area contributed by atoms with Crippen molar-refractivity contribution in [1.82, 2.24) is 15.3 Å². The van der Waals surface area contributed by atoms with Crippen LogP contribution in [0.1, 0.15) is 11.6 Å². The number of nitrogens with one attached hydrogen (secondary N) is 1. The maximum absolute atomic E-state index is 5.43. The van der Waals surface area contributed by atoms with Crippen LogP contribution in [-0.4, -0.2) is 17.0 Å². The van der Waals surface area contributed by atoms with E-state index in [2.05, 4.69) is 15.3 Å². The predicted molar refractivity (Wildman–Crippen MR) is 49.3 cm³/mol. The average Bonchev–Trinajstić information content (AvgIpc) is 2.46. The van der Waals surface area contributed by atoms with Crippen molar-refractivity contribution < 1.29 is 4.42 Å². The molecule has 0 aliphatic heterocycles. The highest BCUT2D eigenvalue weighted by atomic mass is 16.3. The molecule has 0 aliphatic rings. The molecule has 4 nitrogen and oxygen atoms in total. The average molecular weight is 177 g/mol. The molecule has 2 rings (SSSR count). The lowest BCUT2D eigenvalue weighted by atomic mass is 10.4. The number of nitrogens with zero attached hydrogens (tertiary/aromatic N) is 2. The first-order valence-corrected chi connectivity index (χ1v) is 4.17. The van der Waals surface area contributed by atoms with Gasteiger partial charge in [0.1, 0.15) is 0 Å². The Hall–Kier alpha value is -1.42. The van der Waals surface area contributed by atoms with E-state index >= 15 is 0 Å². The van der Waals surface area contributed by atoms with E-state index in [1.807, 2.05) is 26.1 Å². The van der Waals surface area contributed by atoms with Crippen molar-refractivity contribution in [2.45, 2.75) is 13.5 Å². The lowest BCUT2D eigenvalue weighted by Crippen LogP contribution is -2.04. The molecule has 0 bridgehead atoms. The number of hydrogen-bond acceptors (Lipinski definition) is 4. The van der Waals surface area contributed by atoms with Crippen molar-refractivity contribution in [2.75, 3.05) is 7.05 Å². The van der Waals surface area contributed by atoms with Crippen molar-refractivity contribution >= 4 is 11.2 Å². The molecule has 0 fully saturated rings. The molecule has 0 unspecified atom stereocenters. The molecule has 1 N–H and O–H groups in total. The minimum atomic E-state index is 0.634. The molecule has 2 heterocycles. The number of fused-ring (bicyclic) bond motifs is 1. The van der Waals surface area contributed by atoms with E-state index in [-0.39, 0.29) is 0 Å². The third-order valence-corrected chi connectivity index (χ3v) is 1.76. The number of aromatic nitrogens is 2. The highest BCUT2D eigenvalue weighted by Crippen LogP contribution is 2.13. The molecule has 0 radical (unpaired) electrons. The molecule has 0 atom stereocenters. The fourth-order valence-electron chi connectivity index (χ4n) is 1.18. The van der Waals surface area contributed by atoms with Crippen LogP contribution in [0.2, 0.25) is 0 Å². The first kappa shape index (κ1) is 8.19. The van der Waals surface area contributed by atoms with Crippen LogP contribution in [0.15, 0.2) is 16.5 Å². The highest BCUT2D eigenvalue weighted by Gasteiger charge is 2.04. The van der Waals surface area contributed by atoms with Crippen LogP contribution in [0.5, 0.6) is 0 Å². The molecule has 0 spiro atoms.